The Morgan fingerprint density at radius 1 is 1.13 bits per heavy atom. The first-order valence-corrected chi connectivity index (χ1v) is 16.5. The Hall–Kier alpha value is -3.41. The molecule has 0 amide bonds. The van der Waals surface area contributed by atoms with Crippen LogP contribution in [0, 0.1) is 25.2 Å². The van der Waals surface area contributed by atoms with Crippen LogP contribution in [0.4, 0.5) is 0 Å². The van der Waals surface area contributed by atoms with Crippen LogP contribution in [0.1, 0.15) is 50.7 Å². The summed E-state index contributed by atoms with van der Waals surface area (Å²) in [5, 5.41) is 22.6. The number of likely N-dealkylation sites (N-methyl/N-ethyl adjacent to an activating group) is 2. The molecule has 0 spiro atoms. The minimum Gasteiger partial charge on any atom is -0.507 e. The number of aryl methyl sites for hydroxylation is 1. The molecule has 0 aliphatic carbocycles. The van der Waals surface area contributed by atoms with Crippen LogP contribution < -0.4 is 18.9 Å². The lowest BCUT2D eigenvalue weighted by atomic mass is 9.71. The molecule has 12 nitrogen and oxygen atoms in total. The summed E-state index contributed by atoms with van der Waals surface area (Å²) in [5.74, 6) is 2.51. The number of cyclic esters (lactones) is 1. The van der Waals surface area contributed by atoms with Crippen LogP contribution in [0.3, 0.4) is 0 Å². The van der Waals surface area contributed by atoms with Crippen LogP contribution in [-0.2, 0) is 20.7 Å². The van der Waals surface area contributed by atoms with Crippen LogP contribution in [0.15, 0.2) is 6.07 Å². The van der Waals surface area contributed by atoms with E-state index >= 15 is 0 Å². The number of piperazine rings is 1. The number of aromatic hydroxyl groups is 1. The van der Waals surface area contributed by atoms with Gasteiger partial charge in [0, 0.05) is 47.2 Å². The summed E-state index contributed by atoms with van der Waals surface area (Å²) >= 11 is 1.59. The third kappa shape index (κ3) is 4.37. The SMILES string of the molecule is COCOc1c(OC)c(C)cc2c1[C@@H]1C3[C@@H]4SC[C@H](N(C)C)C(=O)OC[C@@H](c5c6c(c(C)c(O)c54)OCO6)N3[C@@H](C#N)[C@H](C2)N1C. The summed E-state index contributed by atoms with van der Waals surface area (Å²) < 4.78 is 35.7. The van der Waals surface area contributed by atoms with E-state index in [2.05, 4.69) is 29.0 Å². The maximum Gasteiger partial charge on any atom is 0.324 e. The van der Waals surface area contributed by atoms with Crippen LogP contribution >= 0.6 is 11.8 Å². The Morgan fingerprint density at radius 2 is 1.89 bits per heavy atom. The summed E-state index contributed by atoms with van der Waals surface area (Å²) in [7, 11) is 9.03. The van der Waals surface area contributed by atoms with Gasteiger partial charge in [0.15, 0.2) is 29.8 Å². The molecule has 13 heteroatoms. The van der Waals surface area contributed by atoms with E-state index < -0.39 is 18.1 Å². The smallest absolute Gasteiger partial charge is 0.324 e. The summed E-state index contributed by atoms with van der Waals surface area (Å²) in [5.41, 5.74) is 5.08. The molecule has 2 aromatic carbocycles. The first-order valence-electron chi connectivity index (χ1n) is 15.4. The molecule has 1 unspecified atom stereocenters. The lowest BCUT2D eigenvalue weighted by molar-refractivity contribution is -0.154. The monoisotopic (exact) mass is 652 g/mol. The molecule has 2 aromatic rings. The van der Waals surface area contributed by atoms with E-state index in [-0.39, 0.29) is 55.3 Å². The normalized spacial score (nSPS) is 29.8. The number of carbonyl (C=O) groups excluding carboxylic acids is 1. The van der Waals surface area contributed by atoms with Gasteiger partial charge in [0.05, 0.1) is 30.5 Å². The number of methoxy groups -OCH3 is 2. The van der Waals surface area contributed by atoms with E-state index in [4.69, 9.17) is 28.4 Å². The first-order chi connectivity index (χ1) is 22.1. The number of hydrogen-bond acceptors (Lipinski definition) is 13. The van der Waals surface area contributed by atoms with Crippen molar-refractivity contribution < 1.29 is 38.3 Å². The highest BCUT2D eigenvalue weighted by Gasteiger charge is 2.60. The molecular formula is C33H40N4O8S. The number of nitriles is 1. The van der Waals surface area contributed by atoms with Gasteiger partial charge in [0.1, 0.15) is 24.4 Å². The molecule has 1 N–H and O–H groups in total. The standard InChI is InChI=1S/C33H40N4O8S/c1-15-8-17-9-18-19(10-34)37-20-11-42-33(39)21(35(3)4)12-46-32(24-23(20)31-29(44-14-45-31)16(2)27(24)38)26(37)25(36(18)5)22(17)30(28(15)41-7)43-13-40-6/h8,18-21,25-26,32,38H,9,11-14H2,1-7H3/t18-,19-,20-,21-,25+,26?,32+/m0/s1. The molecule has 2 saturated heterocycles. The fraction of sp³-hybridized carbons (Fsp3) is 0.576. The minimum atomic E-state index is -0.579. The highest BCUT2D eigenvalue weighted by molar-refractivity contribution is 7.99. The van der Waals surface area contributed by atoms with Crippen molar-refractivity contribution in [3.8, 4) is 34.8 Å². The molecule has 0 radical (unpaired) electrons. The predicted molar refractivity (Wildman–Crippen MR) is 169 cm³/mol. The summed E-state index contributed by atoms with van der Waals surface area (Å²) in [4.78, 5) is 19.9. The third-order valence-corrected chi connectivity index (χ3v) is 11.7. The zero-order valence-electron chi connectivity index (χ0n) is 27.2. The van der Waals surface area contributed by atoms with Crippen LogP contribution in [0.25, 0.3) is 0 Å². The fourth-order valence-corrected chi connectivity index (χ4v) is 10.0. The topological polar surface area (TPSA) is 126 Å². The van der Waals surface area contributed by atoms with Gasteiger partial charge in [-0.05, 0) is 52.5 Å². The second-order valence-electron chi connectivity index (χ2n) is 12.8. The summed E-state index contributed by atoms with van der Waals surface area (Å²) in [6, 6.07) is 2.38. The van der Waals surface area contributed by atoms with Crippen molar-refractivity contribution in [2.24, 2.45) is 0 Å². The fourth-order valence-electron chi connectivity index (χ4n) is 8.29. The van der Waals surface area contributed by atoms with Crippen molar-refractivity contribution in [3.05, 3.63) is 39.4 Å². The minimum absolute atomic E-state index is 0.0131. The molecule has 46 heavy (non-hydrogen) atoms. The number of rotatable bonds is 5. The van der Waals surface area contributed by atoms with Crippen molar-refractivity contribution in [2.45, 2.75) is 61.8 Å². The molecule has 5 aliphatic heterocycles. The van der Waals surface area contributed by atoms with Gasteiger partial charge in [-0.1, -0.05) is 6.07 Å². The van der Waals surface area contributed by atoms with Crippen molar-refractivity contribution in [1.82, 2.24) is 14.7 Å². The molecule has 0 saturated carbocycles. The van der Waals surface area contributed by atoms with E-state index in [1.54, 1.807) is 26.0 Å². The number of benzene rings is 2. The number of nitrogens with zero attached hydrogens (tertiary/aromatic N) is 4. The van der Waals surface area contributed by atoms with Gasteiger partial charge < -0.3 is 33.5 Å². The number of phenolic OH excluding ortho intramolecular Hbond substituents is 1. The van der Waals surface area contributed by atoms with Gasteiger partial charge in [-0.25, -0.2) is 0 Å². The van der Waals surface area contributed by atoms with Crippen LogP contribution in [0.2, 0.25) is 0 Å². The van der Waals surface area contributed by atoms with Crippen LogP contribution in [-0.4, -0.2) is 111 Å². The second-order valence-corrected chi connectivity index (χ2v) is 14.0. The Bertz CT molecular complexity index is 1630. The number of thioether (sulfide) groups is 1. The largest absolute Gasteiger partial charge is 0.507 e. The van der Waals surface area contributed by atoms with Crippen molar-refractivity contribution in [1.29, 1.82) is 5.26 Å². The highest BCUT2D eigenvalue weighted by atomic mass is 32.2. The molecule has 4 bridgehead atoms. The molecule has 0 aromatic heterocycles. The van der Waals surface area contributed by atoms with Crippen molar-refractivity contribution in [3.63, 3.8) is 0 Å². The lowest BCUT2D eigenvalue weighted by Gasteiger charge is -2.61. The average molecular weight is 653 g/mol. The van der Waals surface area contributed by atoms with Gasteiger partial charge in [0.2, 0.25) is 6.79 Å². The van der Waals surface area contributed by atoms with Crippen LogP contribution in [0.5, 0.6) is 28.7 Å². The summed E-state index contributed by atoms with van der Waals surface area (Å²) in [6.07, 6.45) is 0.606. The van der Waals surface area contributed by atoms with Gasteiger partial charge >= 0.3 is 5.97 Å². The summed E-state index contributed by atoms with van der Waals surface area (Å²) in [6.45, 7) is 3.88. The molecule has 5 aliphatic rings. The number of phenols is 1. The van der Waals surface area contributed by atoms with Gasteiger partial charge in [0.25, 0.3) is 0 Å². The molecule has 5 heterocycles. The second kappa shape index (κ2) is 11.7. The van der Waals surface area contributed by atoms with E-state index in [9.17, 15) is 15.2 Å². The van der Waals surface area contributed by atoms with E-state index in [1.165, 1.54) is 0 Å². The molecule has 7 atom stereocenters. The first kappa shape index (κ1) is 31.2. The molecular weight excluding hydrogens is 612 g/mol. The number of esters is 1. The molecule has 2 fully saturated rings. The van der Waals surface area contributed by atoms with Crippen molar-refractivity contribution in [2.75, 3.05) is 61.3 Å². The highest BCUT2D eigenvalue weighted by Crippen LogP contribution is 2.64. The molecule has 7 rings (SSSR count). The van der Waals surface area contributed by atoms with Gasteiger partial charge in [-0.2, -0.15) is 5.26 Å². The maximum absolute atomic E-state index is 13.5. The van der Waals surface area contributed by atoms with E-state index in [0.717, 1.165) is 27.8 Å². The average Bonchev–Trinajstić information content (AvgIpc) is 3.52. The zero-order chi connectivity index (χ0) is 32.6. The Kier molecular flexibility index (Phi) is 7.92. The zero-order valence-corrected chi connectivity index (χ0v) is 28.0. The number of hydrogen-bond donors (Lipinski definition) is 1. The van der Waals surface area contributed by atoms with E-state index in [1.807, 2.05) is 32.8 Å². The Morgan fingerprint density at radius 3 is 2.59 bits per heavy atom. The van der Waals surface area contributed by atoms with Gasteiger partial charge in [-0.3, -0.25) is 19.5 Å². The Balaban J connectivity index is 1.53. The third-order valence-electron chi connectivity index (χ3n) is 10.3. The maximum atomic E-state index is 13.5. The van der Waals surface area contributed by atoms with Crippen molar-refractivity contribution >= 4 is 17.7 Å². The number of carbonyl (C=O) groups is 1. The lowest BCUT2D eigenvalue weighted by Crippen LogP contribution is -2.69. The quantitative estimate of drug-likeness (QED) is 0.376. The van der Waals surface area contributed by atoms with Gasteiger partial charge in [-0.15, -0.1) is 11.8 Å². The van der Waals surface area contributed by atoms with E-state index in [0.29, 0.717) is 40.7 Å². The number of ether oxygens (including phenoxy) is 6. The molecule has 246 valence electrons. The number of fused-ring (bicyclic) bond motifs is 9. The Labute approximate surface area is 273 Å². The predicted octanol–water partition coefficient (Wildman–Crippen LogP) is 3.22.